The highest BCUT2D eigenvalue weighted by molar-refractivity contribution is 7.12. The highest BCUT2D eigenvalue weighted by atomic mass is 32.1. The van der Waals surface area contributed by atoms with Crippen LogP contribution in [0.1, 0.15) is 26.4 Å². The van der Waals surface area contributed by atoms with Crippen molar-refractivity contribution in [2.24, 2.45) is 0 Å². The van der Waals surface area contributed by atoms with Gasteiger partial charge in [0.1, 0.15) is 6.04 Å². The number of nitrogens with zero attached hydrogens (tertiary/aromatic N) is 1. The van der Waals surface area contributed by atoms with Crippen LogP contribution in [-0.4, -0.2) is 47.2 Å². The van der Waals surface area contributed by atoms with Crippen molar-refractivity contribution in [2.45, 2.75) is 26.3 Å². The maximum Gasteiger partial charge on any atom is 0.262 e. The number of aromatic amines is 1. The van der Waals surface area contributed by atoms with Gasteiger partial charge in [0.05, 0.1) is 11.4 Å². The summed E-state index contributed by atoms with van der Waals surface area (Å²) in [4.78, 5) is 44.1. The molecule has 2 aromatic carbocycles. The van der Waals surface area contributed by atoms with Gasteiger partial charge in [0.15, 0.2) is 0 Å². The minimum Gasteiger partial charge on any atom is -0.361 e. The molecule has 0 aliphatic carbocycles. The number of likely N-dealkylation sites (N-methyl/N-ethyl adjacent to an activating group) is 1. The first-order chi connectivity index (χ1) is 16.8. The van der Waals surface area contributed by atoms with E-state index in [-0.39, 0.29) is 24.3 Å². The van der Waals surface area contributed by atoms with E-state index in [4.69, 9.17) is 0 Å². The number of carbonyl (C=O) groups excluding carboxylic acids is 3. The Kier molecular flexibility index (Phi) is 7.31. The zero-order valence-electron chi connectivity index (χ0n) is 19.9. The molecule has 2 aromatic heterocycles. The number of hydrogen-bond donors (Lipinski definition) is 3. The number of aryl methyl sites for hydroxylation is 2. The van der Waals surface area contributed by atoms with Gasteiger partial charge < -0.3 is 20.5 Å². The molecule has 8 heteroatoms. The third-order valence-electron chi connectivity index (χ3n) is 5.87. The van der Waals surface area contributed by atoms with Crippen molar-refractivity contribution in [3.8, 4) is 0 Å². The number of aromatic nitrogens is 1. The molecule has 0 spiro atoms. The van der Waals surface area contributed by atoms with Gasteiger partial charge in [0.25, 0.3) is 5.91 Å². The van der Waals surface area contributed by atoms with E-state index < -0.39 is 6.04 Å². The van der Waals surface area contributed by atoms with E-state index in [1.54, 1.807) is 19.2 Å². The minimum absolute atomic E-state index is 0.133. The number of rotatable bonds is 8. The first kappa shape index (κ1) is 24.2. The molecule has 0 saturated carbocycles. The lowest BCUT2D eigenvalue weighted by molar-refractivity contribution is -0.135. The van der Waals surface area contributed by atoms with Crippen molar-refractivity contribution in [1.82, 2.24) is 15.2 Å². The van der Waals surface area contributed by atoms with E-state index >= 15 is 0 Å². The largest absolute Gasteiger partial charge is 0.361 e. The normalized spacial score (nSPS) is 11.7. The molecule has 35 heavy (non-hydrogen) atoms. The molecule has 0 bridgehead atoms. The maximum atomic E-state index is 13.4. The molecule has 0 radical (unpaired) electrons. The molecular formula is C27H28N4O3S. The van der Waals surface area contributed by atoms with E-state index in [1.165, 1.54) is 16.2 Å². The summed E-state index contributed by atoms with van der Waals surface area (Å²) in [5.74, 6) is -0.951. The highest BCUT2D eigenvalue weighted by Crippen LogP contribution is 2.20. The van der Waals surface area contributed by atoms with Crippen LogP contribution in [0.3, 0.4) is 0 Å². The number of anilines is 1. The second-order valence-corrected chi connectivity index (χ2v) is 9.58. The molecule has 4 rings (SSSR count). The molecular weight excluding hydrogens is 460 g/mol. The van der Waals surface area contributed by atoms with Crippen molar-refractivity contribution in [2.75, 3.05) is 18.9 Å². The molecule has 0 aliphatic heterocycles. The summed E-state index contributed by atoms with van der Waals surface area (Å²) >= 11 is 1.31. The number of nitrogens with one attached hydrogen (secondary N) is 3. The summed E-state index contributed by atoms with van der Waals surface area (Å²) < 4.78 is 0. The van der Waals surface area contributed by atoms with Gasteiger partial charge in [0, 0.05) is 36.3 Å². The van der Waals surface area contributed by atoms with Crippen LogP contribution in [0, 0.1) is 13.8 Å². The average molecular weight is 489 g/mol. The summed E-state index contributed by atoms with van der Waals surface area (Å²) in [5, 5.41) is 8.57. The summed E-state index contributed by atoms with van der Waals surface area (Å²) in [7, 11) is 1.57. The van der Waals surface area contributed by atoms with Gasteiger partial charge in [-0.15, -0.1) is 11.3 Å². The monoisotopic (exact) mass is 488 g/mol. The quantitative estimate of drug-likeness (QED) is 0.345. The first-order valence-electron chi connectivity index (χ1n) is 11.3. The zero-order valence-corrected chi connectivity index (χ0v) is 20.7. The highest BCUT2D eigenvalue weighted by Gasteiger charge is 2.27. The van der Waals surface area contributed by atoms with E-state index in [0.29, 0.717) is 11.3 Å². The molecule has 0 saturated heterocycles. The minimum atomic E-state index is -0.831. The zero-order chi connectivity index (χ0) is 24.9. The van der Waals surface area contributed by atoms with Gasteiger partial charge in [-0.25, -0.2) is 0 Å². The molecule has 3 amide bonds. The van der Waals surface area contributed by atoms with Gasteiger partial charge in [-0.05, 0) is 54.1 Å². The summed E-state index contributed by atoms with van der Waals surface area (Å²) in [6.07, 6.45) is 2.15. The van der Waals surface area contributed by atoms with Crippen LogP contribution in [0.25, 0.3) is 10.9 Å². The molecule has 0 aliphatic rings. The maximum absolute atomic E-state index is 13.4. The molecule has 3 N–H and O–H groups in total. The van der Waals surface area contributed by atoms with Crippen molar-refractivity contribution in [3.63, 3.8) is 0 Å². The number of benzene rings is 2. The Balaban J connectivity index is 1.50. The second kappa shape index (κ2) is 10.6. The molecule has 180 valence electrons. The second-order valence-electron chi connectivity index (χ2n) is 8.63. The third-order valence-corrected chi connectivity index (χ3v) is 6.74. The lowest BCUT2D eigenvalue weighted by atomic mass is 10.0. The number of carbonyl (C=O) groups is 3. The fraction of sp³-hybridized carbons (Fsp3) is 0.222. The number of hydrogen-bond acceptors (Lipinski definition) is 4. The SMILES string of the molecule is Cc1ccc(C)c(NC(=O)CN(C)C(=O)C(Cc2c[nH]c3ccccc23)NC(=O)c2cccs2)c1. The van der Waals surface area contributed by atoms with Gasteiger partial charge in [-0.2, -0.15) is 0 Å². The number of thiophene rings is 1. The third kappa shape index (κ3) is 5.78. The average Bonchev–Trinajstić information content (AvgIpc) is 3.51. The Morgan fingerprint density at radius 3 is 2.63 bits per heavy atom. The lowest BCUT2D eigenvalue weighted by Crippen LogP contribution is -2.50. The first-order valence-corrected chi connectivity index (χ1v) is 12.2. The van der Waals surface area contributed by atoms with E-state index in [9.17, 15) is 14.4 Å². The summed E-state index contributed by atoms with van der Waals surface area (Å²) in [6.45, 7) is 3.74. The molecule has 7 nitrogen and oxygen atoms in total. The van der Waals surface area contributed by atoms with E-state index in [1.807, 2.05) is 67.9 Å². The van der Waals surface area contributed by atoms with Crippen LogP contribution in [0.2, 0.25) is 0 Å². The van der Waals surface area contributed by atoms with Crippen LogP contribution in [-0.2, 0) is 16.0 Å². The molecule has 4 aromatic rings. The predicted molar refractivity (Wildman–Crippen MR) is 140 cm³/mol. The van der Waals surface area contributed by atoms with Crippen molar-refractivity contribution >= 4 is 45.6 Å². The fourth-order valence-electron chi connectivity index (χ4n) is 3.98. The summed E-state index contributed by atoms with van der Waals surface area (Å²) in [5.41, 5.74) is 4.57. The van der Waals surface area contributed by atoms with E-state index in [2.05, 4.69) is 15.6 Å². The number of fused-ring (bicyclic) bond motifs is 1. The predicted octanol–water partition coefficient (Wildman–Crippen LogP) is 4.28. The van der Waals surface area contributed by atoms with Gasteiger partial charge in [-0.1, -0.05) is 36.4 Å². The Labute approximate surface area is 208 Å². The van der Waals surface area contributed by atoms with Crippen LogP contribution < -0.4 is 10.6 Å². The van der Waals surface area contributed by atoms with Crippen LogP contribution in [0.4, 0.5) is 5.69 Å². The molecule has 2 heterocycles. The smallest absolute Gasteiger partial charge is 0.262 e. The van der Waals surface area contributed by atoms with Gasteiger partial charge in [-0.3, -0.25) is 14.4 Å². The number of amides is 3. The Morgan fingerprint density at radius 2 is 1.86 bits per heavy atom. The van der Waals surface area contributed by atoms with Gasteiger partial charge in [0.2, 0.25) is 11.8 Å². The Morgan fingerprint density at radius 1 is 1.06 bits per heavy atom. The fourth-order valence-corrected chi connectivity index (χ4v) is 4.60. The van der Waals surface area contributed by atoms with Crippen LogP contribution in [0.5, 0.6) is 0 Å². The topological polar surface area (TPSA) is 94.3 Å². The number of H-pyrrole nitrogens is 1. The van der Waals surface area contributed by atoms with E-state index in [0.717, 1.165) is 33.3 Å². The number of para-hydroxylation sites is 1. The Bertz CT molecular complexity index is 1360. The summed E-state index contributed by atoms with van der Waals surface area (Å²) in [6, 6.07) is 16.3. The van der Waals surface area contributed by atoms with Crippen LogP contribution >= 0.6 is 11.3 Å². The standard InChI is InChI=1S/C27H28N4O3S/c1-17-10-11-18(2)22(13-17)29-25(32)16-31(3)27(34)23(30-26(33)24-9-6-12-35-24)14-19-15-28-21-8-5-4-7-20(19)21/h4-13,15,23,28H,14,16H2,1-3H3,(H,29,32)(H,30,33). The van der Waals surface area contributed by atoms with Crippen LogP contribution in [0.15, 0.2) is 66.2 Å². The van der Waals surface area contributed by atoms with Crippen molar-refractivity contribution in [3.05, 3.63) is 87.7 Å². The molecule has 1 atom stereocenters. The lowest BCUT2D eigenvalue weighted by Gasteiger charge is -2.24. The van der Waals surface area contributed by atoms with Crippen molar-refractivity contribution in [1.29, 1.82) is 0 Å². The van der Waals surface area contributed by atoms with Gasteiger partial charge >= 0.3 is 0 Å². The Hall–Kier alpha value is -3.91. The molecule has 0 fully saturated rings. The van der Waals surface area contributed by atoms with Crippen molar-refractivity contribution < 1.29 is 14.4 Å². The molecule has 1 unspecified atom stereocenters.